The lowest BCUT2D eigenvalue weighted by Crippen LogP contribution is -2.60. The topological polar surface area (TPSA) is 25.8 Å². The zero-order chi connectivity index (χ0) is 8.97. The van der Waals surface area contributed by atoms with Crippen molar-refractivity contribution in [1.29, 1.82) is 0 Å². The second kappa shape index (κ2) is 4.24. The van der Waals surface area contributed by atoms with Crippen LogP contribution in [0.15, 0.2) is 36.5 Å². The van der Waals surface area contributed by atoms with E-state index in [4.69, 9.17) is 4.74 Å². The third kappa shape index (κ3) is 4.11. The summed E-state index contributed by atoms with van der Waals surface area (Å²) in [5.41, 5.74) is 2.03. The van der Waals surface area contributed by atoms with E-state index < -0.39 is 0 Å². The quantitative estimate of drug-likeness (QED) is 0.469. The van der Waals surface area contributed by atoms with Crippen molar-refractivity contribution in [2.75, 3.05) is 13.2 Å². The van der Waals surface area contributed by atoms with Crippen molar-refractivity contribution in [1.82, 2.24) is 0 Å². The predicted molar refractivity (Wildman–Crippen MR) is 49.6 cm³/mol. The van der Waals surface area contributed by atoms with E-state index in [1.807, 2.05) is 19.1 Å². The Morgan fingerprint density at radius 3 is 2.75 bits per heavy atom. The van der Waals surface area contributed by atoms with Crippen molar-refractivity contribution in [3.63, 3.8) is 0 Å². The fourth-order valence-electron chi connectivity index (χ4n) is 0.714. The van der Waals surface area contributed by atoms with Gasteiger partial charge in [0.2, 0.25) is 6.23 Å². The SMILES string of the molecule is C=C(C)/C=C\C(=C)COC1C[NH2+]1. The largest absolute Gasteiger partial charge is 0.320 e. The van der Waals surface area contributed by atoms with E-state index in [0.717, 1.165) is 17.7 Å². The molecule has 0 aliphatic carbocycles. The van der Waals surface area contributed by atoms with Gasteiger partial charge in [-0.25, -0.2) is 0 Å². The van der Waals surface area contributed by atoms with Crippen LogP contribution in [0.3, 0.4) is 0 Å². The molecule has 2 N–H and O–H groups in total. The summed E-state index contributed by atoms with van der Waals surface area (Å²) in [4.78, 5) is 0. The number of ether oxygens (including phenoxy) is 1. The summed E-state index contributed by atoms with van der Waals surface area (Å²) in [5.74, 6) is 0. The molecule has 12 heavy (non-hydrogen) atoms. The zero-order valence-electron chi connectivity index (χ0n) is 7.55. The fraction of sp³-hybridized carbons (Fsp3) is 0.400. The third-order valence-electron chi connectivity index (χ3n) is 1.51. The molecule has 0 amide bonds. The highest BCUT2D eigenvalue weighted by Crippen LogP contribution is 1.99. The standard InChI is InChI=1S/C10H15NO/c1-8(2)4-5-9(3)7-12-10-6-11-10/h4-5,10-11H,1,3,6-7H2,2H3/p+1/b5-4-. The van der Waals surface area contributed by atoms with Crippen molar-refractivity contribution in [2.45, 2.75) is 13.2 Å². The number of allylic oxidation sites excluding steroid dienone is 2. The molecule has 1 atom stereocenters. The van der Waals surface area contributed by atoms with Crippen LogP contribution in [-0.4, -0.2) is 19.4 Å². The van der Waals surface area contributed by atoms with Crippen molar-refractivity contribution >= 4 is 0 Å². The van der Waals surface area contributed by atoms with Gasteiger partial charge >= 0.3 is 0 Å². The Hall–Kier alpha value is -0.860. The van der Waals surface area contributed by atoms with Gasteiger partial charge in [0.05, 0.1) is 6.61 Å². The highest BCUT2D eigenvalue weighted by Gasteiger charge is 2.27. The van der Waals surface area contributed by atoms with Crippen molar-refractivity contribution < 1.29 is 10.1 Å². The monoisotopic (exact) mass is 166 g/mol. The first-order valence-corrected chi connectivity index (χ1v) is 4.15. The second-order valence-corrected chi connectivity index (χ2v) is 3.16. The maximum Gasteiger partial charge on any atom is 0.241 e. The Kier molecular flexibility index (Phi) is 3.26. The van der Waals surface area contributed by atoms with Crippen LogP contribution >= 0.6 is 0 Å². The molecule has 0 bridgehead atoms. The molecule has 0 spiro atoms. The van der Waals surface area contributed by atoms with Crippen LogP contribution in [0.1, 0.15) is 6.92 Å². The molecule has 0 aromatic rings. The van der Waals surface area contributed by atoms with Crippen molar-refractivity contribution in [3.8, 4) is 0 Å². The molecular weight excluding hydrogens is 150 g/mol. The third-order valence-corrected chi connectivity index (χ3v) is 1.51. The molecule has 0 aromatic heterocycles. The van der Waals surface area contributed by atoms with Crippen LogP contribution in [0, 0.1) is 0 Å². The molecule has 1 heterocycles. The number of rotatable bonds is 5. The first-order chi connectivity index (χ1) is 5.68. The van der Waals surface area contributed by atoms with Gasteiger partial charge in [0.1, 0.15) is 0 Å². The summed E-state index contributed by atoms with van der Waals surface area (Å²) in [6.07, 6.45) is 4.28. The molecular formula is C10H16NO+. The molecule has 66 valence electrons. The smallest absolute Gasteiger partial charge is 0.241 e. The van der Waals surface area contributed by atoms with E-state index in [-0.39, 0.29) is 0 Å². The van der Waals surface area contributed by atoms with Gasteiger partial charge in [-0.05, 0) is 12.5 Å². The Bertz CT molecular complexity index is 214. The number of hydrogen-bond acceptors (Lipinski definition) is 1. The van der Waals surface area contributed by atoms with Crippen molar-refractivity contribution in [3.05, 3.63) is 36.5 Å². The van der Waals surface area contributed by atoms with E-state index in [1.54, 1.807) is 0 Å². The van der Waals surface area contributed by atoms with Crippen LogP contribution in [0.5, 0.6) is 0 Å². The lowest BCUT2D eigenvalue weighted by Gasteiger charge is -1.97. The van der Waals surface area contributed by atoms with Crippen molar-refractivity contribution in [2.24, 2.45) is 0 Å². The van der Waals surface area contributed by atoms with Gasteiger partial charge in [0.25, 0.3) is 0 Å². The molecule has 0 radical (unpaired) electrons. The van der Waals surface area contributed by atoms with Gasteiger partial charge in [-0.2, -0.15) is 0 Å². The minimum atomic E-state index is 0.389. The van der Waals surface area contributed by atoms with Crippen LogP contribution in [-0.2, 0) is 4.74 Å². The van der Waals surface area contributed by atoms with Gasteiger partial charge in [0.15, 0.2) is 6.54 Å². The van der Waals surface area contributed by atoms with Crippen LogP contribution < -0.4 is 5.32 Å². The summed E-state index contributed by atoms with van der Waals surface area (Å²) in [5, 5.41) is 2.13. The Morgan fingerprint density at radius 1 is 1.58 bits per heavy atom. The van der Waals surface area contributed by atoms with E-state index in [2.05, 4.69) is 18.5 Å². The summed E-state index contributed by atoms with van der Waals surface area (Å²) in [6, 6.07) is 0. The molecule has 1 aliphatic heterocycles. The summed E-state index contributed by atoms with van der Waals surface area (Å²) < 4.78 is 5.41. The van der Waals surface area contributed by atoms with Gasteiger partial charge in [0, 0.05) is 0 Å². The average Bonchev–Trinajstić information content (AvgIpc) is 2.80. The molecule has 1 aliphatic rings. The highest BCUT2D eigenvalue weighted by molar-refractivity contribution is 5.23. The molecule has 1 unspecified atom stereocenters. The van der Waals surface area contributed by atoms with Gasteiger partial charge < -0.3 is 10.1 Å². The molecule has 1 fully saturated rings. The summed E-state index contributed by atoms with van der Waals surface area (Å²) in [7, 11) is 0. The number of nitrogens with two attached hydrogens (primary N) is 1. The predicted octanol–water partition coefficient (Wildman–Crippen LogP) is 0.595. The van der Waals surface area contributed by atoms with Crippen LogP contribution in [0.25, 0.3) is 0 Å². The van der Waals surface area contributed by atoms with Gasteiger partial charge in [-0.15, -0.1) is 0 Å². The van der Waals surface area contributed by atoms with E-state index in [9.17, 15) is 0 Å². The Labute approximate surface area is 73.6 Å². The van der Waals surface area contributed by atoms with Crippen LogP contribution in [0.4, 0.5) is 0 Å². The summed E-state index contributed by atoms with van der Waals surface area (Å²) >= 11 is 0. The fourth-order valence-corrected chi connectivity index (χ4v) is 0.714. The average molecular weight is 166 g/mol. The summed E-state index contributed by atoms with van der Waals surface area (Å²) in [6.45, 7) is 11.3. The van der Waals surface area contributed by atoms with Gasteiger partial charge in [-0.3, -0.25) is 0 Å². The van der Waals surface area contributed by atoms with Gasteiger partial charge in [-0.1, -0.05) is 30.9 Å². The highest BCUT2D eigenvalue weighted by atomic mass is 16.5. The van der Waals surface area contributed by atoms with E-state index in [1.165, 1.54) is 0 Å². The Morgan fingerprint density at radius 2 is 2.25 bits per heavy atom. The molecule has 2 heteroatoms. The molecule has 0 aromatic carbocycles. The minimum Gasteiger partial charge on any atom is -0.320 e. The first-order valence-electron chi connectivity index (χ1n) is 4.15. The number of hydrogen-bond donors (Lipinski definition) is 1. The van der Waals surface area contributed by atoms with E-state index >= 15 is 0 Å². The lowest BCUT2D eigenvalue weighted by atomic mass is 10.2. The lowest BCUT2D eigenvalue weighted by molar-refractivity contribution is -0.527. The minimum absolute atomic E-state index is 0.389. The normalized spacial score (nSPS) is 21.2. The first kappa shape index (κ1) is 9.23. The van der Waals surface area contributed by atoms with E-state index in [0.29, 0.717) is 12.8 Å². The van der Waals surface area contributed by atoms with Crippen LogP contribution in [0.2, 0.25) is 0 Å². The second-order valence-electron chi connectivity index (χ2n) is 3.16. The maximum absolute atomic E-state index is 5.41. The Balaban J connectivity index is 2.13. The molecule has 0 saturated carbocycles. The maximum atomic E-state index is 5.41. The zero-order valence-corrected chi connectivity index (χ0v) is 7.55. The number of quaternary nitrogens is 1. The molecule has 1 rings (SSSR count). The molecule has 2 nitrogen and oxygen atoms in total. The molecule has 1 saturated heterocycles.